The summed E-state index contributed by atoms with van der Waals surface area (Å²) in [5.74, 6) is 0.274. The van der Waals surface area contributed by atoms with Gasteiger partial charge in [0.2, 0.25) is 5.91 Å². The first-order valence-corrected chi connectivity index (χ1v) is 6.42. The number of hydrogen-bond donors (Lipinski definition) is 2. The topological polar surface area (TPSA) is 68.0 Å². The van der Waals surface area contributed by atoms with Crippen LogP contribution in [0.2, 0.25) is 0 Å². The lowest BCUT2D eigenvalue weighted by Gasteiger charge is -2.04. The number of hydrogen-bond acceptors (Lipinski definition) is 4. The van der Waals surface area contributed by atoms with Crippen molar-refractivity contribution in [3.8, 4) is 0 Å². The van der Waals surface area contributed by atoms with Crippen molar-refractivity contribution < 1.29 is 4.79 Å². The second kappa shape index (κ2) is 6.07. The van der Waals surface area contributed by atoms with Gasteiger partial charge < -0.3 is 11.1 Å². The summed E-state index contributed by atoms with van der Waals surface area (Å²) < 4.78 is 0. The molecular formula is C13H13N3OS. The lowest BCUT2D eigenvalue weighted by molar-refractivity contribution is -0.113. The van der Waals surface area contributed by atoms with E-state index in [1.165, 1.54) is 11.8 Å². The van der Waals surface area contributed by atoms with E-state index in [1.807, 2.05) is 30.3 Å². The molecule has 2 rings (SSSR count). The van der Waals surface area contributed by atoms with Gasteiger partial charge in [-0.25, -0.2) is 4.98 Å². The van der Waals surface area contributed by atoms with E-state index in [1.54, 1.807) is 18.3 Å². The Morgan fingerprint density at radius 2 is 2.00 bits per heavy atom. The van der Waals surface area contributed by atoms with Gasteiger partial charge >= 0.3 is 0 Å². The molecule has 18 heavy (non-hydrogen) atoms. The lowest BCUT2D eigenvalue weighted by atomic mass is 10.3. The Morgan fingerprint density at radius 3 is 2.67 bits per heavy atom. The minimum absolute atomic E-state index is 0.0511. The number of nitrogen functional groups attached to an aromatic ring is 1. The Bertz CT molecular complexity index is 514. The van der Waals surface area contributed by atoms with Crippen LogP contribution in [0.25, 0.3) is 0 Å². The van der Waals surface area contributed by atoms with Gasteiger partial charge in [-0.3, -0.25) is 4.79 Å². The maximum atomic E-state index is 11.7. The zero-order valence-electron chi connectivity index (χ0n) is 9.67. The third kappa shape index (κ3) is 3.78. The summed E-state index contributed by atoms with van der Waals surface area (Å²) in [7, 11) is 0. The molecule has 0 saturated carbocycles. The molecule has 0 saturated heterocycles. The van der Waals surface area contributed by atoms with E-state index in [0.29, 0.717) is 11.4 Å². The van der Waals surface area contributed by atoms with E-state index in [-0.39, 0.29) is 5.91 Å². The van der Waals surface area contributed by atoms with Crippen LogP contribution < -0.4 is 11.1 Å². The molecule has 5 heteroatoms. The minimum Gasteiger partial charge on any atom is -0.397 e. The fourth-order valence-electron chi connectivity index (χ4n) is 1.34. The van der Waals surface area contributed by atoms with Crippen LogP contribution in [-0.2, 0) is 4.79 Å². The molecule has 1 amide bonds. The van der Waals surface area contributed by atoms with Crippen molar-refractivity contribution in [3.05, 3.63) is 48.7 Å². The molecule has 1 aromatic carbocycles. The fourth-order valence-corrected chi connectivity index (χ4v) is 1.98. The number of nitrogens with two attached hydrogens (primary N) is 1. The van der Waals surface area contributed by atoms with Gasteiger partial charge in [0.1, 0.15) is 0 Å². The van der Waals surface area contributed by atoms with Crippen molar-refractivity contribution in [1.29, 1.82) is 0 Å². The van der Waals surface area contributed by atoms with E-state index >= 15 is 0 Å². The second-order valence-corrected chi connectivity index (χ2v) is 4.63. The predicted molar refractivity (Wildman–Crippen MR) is 74.4 cm³/mol. The minimum atomic E-state index is -0.0511. The molecule has 4 nitrogen and oxygen atoms in total. The second-order valence-electron chi connectivity index (χ2n) is 3.63. The smallest absolute Gasteiger partial charge is 0.234 e. The maximum absolute atomic E-state index is 11.7. The van der Waals surface area contributed by atoms with Gasteiger partial charge in [-0.15, -0.1) is 0 Å². The number of aromatic nitrogens is 1. The van der Waals surface area contributed by atoms with Crippen molar-refractivity contribution in [2.75, 3.05) is 16.8 Å². The van der Waals surface area contributed by atoms with E-state index in [0.717, 1.165) is 10.7 Å². The van der Waals surface area contributed by atoms with E-state index in [9.17, 15) is 4.79 Å². The summed E-state index contributed by atoms with van der Waals surface area (Å²) in [6.07, 6.45) is 1.58. The number of para-hydroxylation sites is 1. The summed E-state index contributed by atoms with van der Waals surface area (Å²) in [5, 5.41) is 3.60. The molecule has 2 aromatic rings. The third-order valence-corrected chi connectivity index (χ3v) is 3.11. The van der Waals surface area contributed by atoms with Gasteiger partial charge in [0.25, 0.3) is 0 Å². The molecule has 0 unspecified atom stereocenters. The van der Waals surface area contributed by atoms with Crippen LogP contribution in [-0.4, -0.2) is 16.6 Å². The lowest BCUT2D eigenvalue weighted by Crippen LogP contribution is -2.13. The highest BCUT2D eigenvalue weighted by molar-refractivity contribution is 7.99. The van der Waals surface area contributed by atoms with E-state index in [4.69, 9.17) is 5.73 Å². The van der Waals surface area contributed by atoms with Crippen LogP contribution in [0.4, 0.5) is 11.4 Å². The highest BCUT2D eigenvalue weighted by Gasteiger charge is 2.03. The first-order valence-electron chi connectivity index (χ1n) is 5.43. The van der Waals surface area contributed by atoms with Gasteiger partial charge in [0.05, 0.1) is 22.7 Å². The van der Waals surface area contributed by atoms with E-state index in [2.05, 4.69) is 10.3 Å². The molecule has 1 aromatic heterocycles. The van der Waals surface area contributed by atoms with Crippen molar-refractivity contribution in [2.24, 2.45) is 0 Å². The Hall–Kier alpha value is -2.01. The standard InChI is InChI=1S/C13H13N3OS/c14-10-6-7-13(15-8-10)18-9-12(17)16-11-4-2-1-3-5-11/h1-8H,9,14H2,(H,16,17). The van der Waals surface area contributed by atoms with Crippen LogP contribution in [0.3, 0.4) is 0 Å². The average Bonchev–Trinajstić information content (AvgIpc) is 2.39. The molecule has 0 atom stereocenters. The molecular weight excluding hydrogens is 246 g/mol. The van der Waals surface area contributed by atoms with Crippen molar-refractivity contribution >= 4 is 29.0 Å². The van der Waals surface area contributed by atoms with Gasteiger partial charge in [0, 0.05) is 5.69 Å². The molecule has 3 N–H and O–H groups in total. The molecule has 0 aliphatic rings. The Kier molecular flexibility index (Phi) is 4.20. The number of carbonyl (C=O) groups is 1. The number of thioether (sulfide) groups is 1. The van der Waals surface area contributed by atoms with Crippen molar-refractivity contribution in [2.45, 2.75) is 5.03 Å². The molecule has 0 aliphatic carbocycles. The summed E-state index contributed by atoms with van der Waals surface area (Å²) in [4.78, 5) is 15.8. The Morgan fingerprint density at radius 1 is 1.22 bits per heavy atom. The fraction of sp³-hybridized carbons (Fsp3) is 0.0769. The third-order valence-electron chi connectivity index (χ3n) is 2.17. The highest BCUT2D eigenvalue weighted by atomic mass is 32.2. The molecule has 0 radical (unpaired) electrons. The summed E-state index contributed by atoms with van der Waals surface area (Å²) in [5.41, 5.74) is 6.95. The van der Waals surface area contributed by atoms with Gasteiger partial charge in [-0.2, -0.15) is 0 Å². The quantitative estimate of drug-likeness (QED) is 0.827. The first-order chi connectivity index (χ1) is 8.74. The maximum Gasteiger partial charge on any atom is 0.234 e. The zero-order chi connectivity index (χ0) is 12.8. The average molecular weight is 259 g/mol. The first kappa shape index (κ1) is 12.4. The molecule has 0 aliphatic heterocycles. The Balaban J connectivity index is 1.83. The molecule has 0 fully saturated rings. The van der Waals surface area contributed by atoms with Crippen molar-refractivity contribution in [1.82, 2.24) is 4.98 Å². The largest absolute Gasteiger partial charge is 0.397 e. The molecule has 92 valence electrons. The number of rotatable bonds is 4. The number of pyridine rings is 1. The number of carbonyl (C=O) groups excluding carboxylic acids is 1. The number of anilines is 2. The van der Waals surface area contributed by atoms with Gasteiger partial charge in [0.15, 0.2) is 0 Å². The highest BCUT2D eigenvalue weighted by Crippen LogP contribution is 2.16. The van der Waals surface area contributed by atoms with Crippen LogP contribution in [0.1, 0.15) is 0 Å². The van der Waals surface area contributed by atoms with Gasteiger partial charge in [-0.1, -0.05) is 30.0 Å². The summed E-state index contributed by atoms with van der Waals surface area (Å²) in [6.45, 7) is 0. The summed E-state index contributed by atoms with van der Waals surface area (Å²) in [6, 6.07) is 12.9. The zero-order valence-corrected chi connectivity index (χ0v) is 10.5. The van der Waals surface area contributed by atoms with Crippen LogP contribution in [0, 0.1) is 0 Å². The number of benzene rings is 1. The van der Waals surface area contributed by atoms with Crippen LogP contribution >= 0.6 is 11.8 Å². The molecule has 1 heterocycles. The Labute approximate surface area is 110 Å². The monoisotopic (exact) mass is 259 g/mol. The van der Waals surface area contributed by atoms with Crippen molar-refractivity contribution in [3.63, 3.8) is 0 Å². The summed E-state index contributed by atoms with van der Waals surface area (Å²) >= 11 is 1.38. The molecule has 0 bridgehead atoms. The van der Waals surface area contributed by atoms with E-state index < -0.39 is 0 Å². The van der Waals surface area contributed by atoms with Crippen LogP contribution in [0.5, 0.6) is 0 Å². The van der Waals surface area contributed by atoms with Crippen LogP contribution in [0.15, 0.2) is 53.7 Å². The van der Waals surface area contributed by atoms with Gasteiger partial charge in [-0.05, 0) is 24.3 Å². The SMILES string of the molecule is Nc1ccc(SCC(=O)Nc2ccccc2)nc1. The predicted octanol–water partition coefficient (Wildman–Crippen LogP) is 2.39. The molecule has 0 spiro atoms. The number of amides is 1. The normalized spacial score (nSPS) is 10.0. The number of nitrogens with one attached hydrogen (secondary N) is 1. The number of nitrogens with zero attached hydrogens (tertiary/aromatic N) is 1.